The summed E-state index contributed by atoms with van der Waals surface area (Å²) in [6.07, 6.45) is 4.42. The molecule has 0 bridgehead atoms. The van der Waals surface area contributed by atoms with Crippen LogP contribution in [0.1, 0.15) is 60.3 Å². The third-order valence-electron chi connectivity index (χ3n) is 7.66. The predicted molar refractivity (Wildman–Crippen MR) is 76.9 cm³/mol. The van der Waals surface area contributed by atoms with Crippen molar-refractivity contribution in [2.24, 2.45) is 28.6 Å². The Morgan fingerprint density at radius 2 is 1.63 bits per heavy atom. The van der Waals surface area contributed by atoms with Gasteiger partial charge in [-0.05, 0) is 62.7 Å². The summed E-state index contributed by atoms with van der Waals surface area (Å²) in [5, 5.41) is 11.1. The summed E-state index contributed by atoms with van der Waals surface area (Å²) >= 11 is 0. The molecule has 6 atom stereocenters. The highest BCUT2D eigenvalue weighted by molar-refractivity contribution is 5.24. The standard InChI is InChI=1S/C17H30O2/c1-14(2)11-7-9-15(3,19-6)12-8-10-16(4,18)17(12,5)13(11)14/h11-13,18H,7-10H2,1-6H3/t11-,12-,13+,15-,16+,17-/m1/s1. The van der Waals surface area contributed by atoms with E-state index in [1.54, 1.807) is 0 Å². The minimum absolute atomic E-state index is 0.00241. The molecule has 110 valence electrons. The van der Waals surface area contributed by atoms with Crippen molar-refractivity contribution < 1.29 is 9.84 Å². The zero-order chi connectivity index (χ0) is 14.3. The van der Waals surface area contributed by atoms with Crippen LogP contribution in [-0.4, -0.2) is 23.4 Å². The fraction of sp³-hybridized carbons (Fsp3) is 1.00. The molecule has 2 heteroatoms. The second-order valence-electron chi connectivity index (χ2n) is 8.61. The van der Waals surface area contributed by atoms with Crippen LogP contribution in [0, 0.1) is 28.6 Å². The van der Waals surface area contributed by atoms with Crippen molar-refractivity contribution in [2.75, 3.05) is 7.11 Å². The van der Waals surface area contributed by atoms with Crippen molar-refractivity contribution in [3.63, 3.8) is 0 Å². The topological polar surface area (TPSA) is 29.5 Å². The molecule has 0 radical (unpaired) electrons. The van der Waals surface area contributed by atoms with Crippen LogP contribution in [0.25, 0.3) is 0 Å². The maximum Gasteiger partial charge on any atom is 0.0685 e. The van der Waals surface area contributed by atoms with E-state index in [0.29, 0.717) is 17.3 Å². The van der Waals surface area contributed by atoms with E-state index >= 15 is 0 Å². The molecule has 1 N–H and O–H groups in total. The summed E-state index contributed by atoms with van der Waals surface area (Å²) in [7, 11) is 1.86. The Labute approximate surface area is 117 Å². The first kappa shape index (κ1) is 13.9. The van der Waals surface area contributed by atoms with Gasteiger partial charge in [0.15, 0.2) is 0 Å². The van der Waals surface area contributed by atoms with E-state index < -0.39 is 5.60 Å². The summed E-state index contributed by atoms with van der Waals surface area (Å²) in [4.78, 5) is 0. The molecule has 0 aliphatic heterocycles. The first-order chi connectivity index (χ1) is 8.61. The Hall–Kier alpha value is -0.0800. The molecule has 0 spiro atoms. The van der Waals surface area contributed by atoms with Gasteiger partial charge in [-0.2, -0.15) is 0 Å². The van der Waals surface area contributed by atoms with Gasteiger partial charge in [0.2, 0.25) is 0 Å². The minimum Gasteiger partial charge on any atom is -0.390 e. The van der Waals surface area contributed by atoms with Crippen molar-refractivity contribution in [3.8, 4) is 0 Å². The van der Waals surface area contributed by atoms with Gasteiger partial charge in [0.05, 0.1) is 11.2 Å². The maximum atomic E-state index is 11.1. The third-order valence-corrected chi connectivity index (χ3v) is 7.66. The molecule has 0 aromatic carbocycles. The molecule has 3 saturated carbocycles. The predicted octanol–water partition coefficient (Wildman–Crippen LogP) is 3.62. The van der Waals surface area contributed by atoms with Crippen molar-refractivity contribution in [1.82, 2.24) is 0 Å². The Morgan fingerprint density at radius 1 is 1.00 bits per heavy atom. The van der Waals surface area contributed by atoms with Gasteiger partial charge in [0.1, 0.15) is 0 Å². The summed E-state index contributed by atoms with van der Waals surface area (Å²) in [5.41, 5.74) is -0.198. The number of hydrogen-bond acceptors (Lipinski definition) is 2. The normalized spacial score (nSPS) is 59.2. The van der Waals surface area contributed by atoms with Crippen molar-refractivity contribution in [3.05, 3.63) is 0 Å². The molecule has 0 unspecified atom stereocenters. The molecule has 0 aromatic rings. The lowest BCUT2D eigenvalue weighted by Gasteiger charge is -2.48. The summed E-state index contributed by atoms with van der Waals surface area (Å²) in [6.45, 7) is 11.5. The second kappa shape index (κ2) is 3.57. The number of methoxy groups -OCH3 is 1. The number of hydrogen-bond donors (Lipinski definition) is 1. The number of rotatable bonds is 1. The van der Waals surface area contributed by atoms with Crippen LogP contribution < -0.4 is 0 Å². The third kappa shape index (κ3) is 1.45. The smallest absolute Gasteiger partial charge is 0.0685 e. The van der Waals surface area contributed by atoms with Crippen LogP contribution in [0.3, 0.4) is 0 Å². The monoisotopic (exact) mass is 266 g/mol. The molecule has 3 fully saturated rings. The van der Waals surface area contributed by atoms with Crippen LogP contribution in [0.2, 0.25) is 0 Å². The fourth-order valence-corrected chi connectivity index (χ4v) is 6.20. The Bertz CT molecular complexity index is 400. The Kier molecular flexibility index (Phi) is 2.61. The first-order valence-electron chi connectivity index (χ1n) is 7.89. The van der Waals surface area contributed by atoms with Crippen LogP contribution in [-0.2, 0) is 4.74 Å². The quantitative estimate of drug-likeness (QED) is 0.785. The van der Waals surface area contributed by atoms with Gasteiger partial charge in [0, 0.05) is 12.5 Å². The molecule has 0 saturated heterocycles. The zero-order valence-electron chi connectivity index (χ0n) is 13.4. The van der Waals surface area contributed by atoms with Gasteiger partial charge in [-0.25, -0.2) is 0 Å². The first-order valence-corrected chi connectivity index (χ1v) is 7.89. The van der Waals surface area contributed by atoms with Crippen molar-refractivity contribution in [2.45, 2.75) is 71.5 Å². The lowest BCUT2D eigenvalue weighted by molar-refractivity contribution is -0.136. The van der Waals surface area contributed by atoms with E-state index in [2.05, 4.69) is 34.6 Å². The van der Waals surface area contributed by atoms with Crippen LogP contribution in [0.4, 0.5) is 0 Å². The Morgan fingerprint density at radius 3 is 2.21 bits per heavy atom. The van der Waals surface area contributed by atoms with Gasteiger partial charge < -0.3 is 9.84 Å². The molecular weight excluding hydrogens is 236 g/mol. The van der Waals surface area contributed by atoms with Crippen molar-refractivity contribution in [1.29, 1.82) is 0 Å². The van der Waals surface area contributed by atoms with Crippen LogP contribution >= 0.6 is 0 Å². The summed E-state index contributed by atoms with van der Waals surface area (Å²) in [5.74, 6) is 1.90. The Balaban J connectivity index is 2.09. The molecule has 3 aliphatic carbocycles. The molecule has 0 aromatic heterocycles. The largest absolute Gasteiger partial charge is 0.390 e. The van der Waals surface area contributed by atoms with Gasteiger partial charge in [-0.1, -0.05) is 20.8 Å². The molecule has 0 amide bonds. The fourth-order valence-electron chi connectivity index (χ4n) is 6.20. The summed E-state index contributed by atoms with van der Waals surface area (Å²) < 4.78 is 5.96. The highest BCUT2D eigenvalue weighted by Gasteiger charge is 2.75. The number of ether oxygens (including phenoxy) is 1. The molecule has 3 rings (SSSR count). The maximum absolute atomic E-state index is 11.1. The molecule has 3 aliphatic rings. The molecule has 2 nitrogen and oxygen atoms in total. The van der Waals surface area contributed by atoms with E-state index in [4.69, 9.17) is 4.74 Å². The second-order valence-corrected chi connectivity index (χ2v) is 8.61. The van der Waals surface area contributed by atoms with E-state index in [0.717, 1.165) is 25.2 Å². The van der Waals surface area contributed by atoms with Crippen LogP contribution in [0.5, 0.6) is 0 Å². The lowest BCUT2D eigenvalue weighted by atomic mass is 9.62. The minimum atomic E-state index is -0.543. The van der Waals surface area contributed by atoms with E-state index in [-0.39, 0.29) is 11.0 Å². The van der Waals surface area contributed by atoms with Gasteiger partial charge in [0.25, 0.3) is 0 Å². The SMILES string of the molecule is CO[C@]1(C)CC[C@@H]2[C@@H](C2(C)C)[C@@]2(C)[C@@H]1CC[C@]2(C)O. The van der Waals surface area contributed by atoms with Gasteiger partial charge >= 0.3 is 0 Å². The zero-order valence-corrected chi connectivity index (χ0v) is 13.4. The van der Waals surface area contributed by atoms with Gasteiger partial charge in [-0.3, -0.25) is 0 Å². The van der Waals surface area contributed by atoms with Crippen LogP contribution in [0.15, 0.2) is 0 Å². The van der Waals surface area contributed by atoms with Gasteiger partial charge in [-0.15, -0.1) is 0 Å². The van der Waals surface area contributed by atoms with E-state index in [9.17, 15) is 5.11 Å². The lowest BCUT2D eigenvalue weighted by Crippen LogP contribution is -2.52. The highest BCUT2D eigenvalue weighted by atomic mass is 16.5. The highest BCUT2D eigenvalue weighted by Crippen LogP contribution is 2.77. The number of fused-ring (bicyclic) bond motifs is 3. The molecular formula is C17H30O2. The van der Waals surface area contributed by atoms with E-state index in [1.165, 1.54) is 6.42 Å². The average molecular weight is 266 g/mol. The summed E-state index contributed by atoms with van der Waals surface area (Å²) in [6, 6.07) is 0. The number of aliphatic hydroxyl groups is 1. The van der Waals surface area contributed by atoms with Crippen molar-refractivity contribution >= 4 is 0 Å². The van der Waals surface area contributed by atoms with E-state index in [1.807, 2.05) is 7.11 Å². The molecule has 19 heavy (non-hydrogen) atoms. The average Bonchev–Trinajstić information content (AvgIpc) is 2.81. The molecule has 0 heterocycles.